The first-order valence-corrected chi connectivity index (χ1v) is 11.4. The third-order valence-corrected chi connectivity index (χ3v) is 7.56. The molecule has 3 N–H and O–H groups in total. The van der Waals surface area contributed by atoms with Crippen LogP contribution in [0.4, 0.5) is 20.6 Å². The highest BCUT2D eigenvalue weighted by atomic mass is 35.5. The number of benzene rings is 2. The van der Waals surface area contributed by atoms with Crippen LogP contribution in [0.15, 0.2) is 41.3 Å². The van der Waals surface area contributed by atoms with Crippen LogP contribution in [0.2, 0.25) is 5.02 Å². The number of rotatable bonds is 3. The molecule has 0 spiro atoms. The number of anilines is 2. The van der Waals surface area contributed by atoms with E-state index in [9.17, 15) is 27.5 Å². The van der Waals surface area contributed by atoms with E-state index in [1.54, 1.807) is 0 Å². The van der Waals surface area contributed by atoms with Gasteiger partial charge < -0.3 is 15.7 Å². The van der Waals surface area contributed by atoms with Crippen molar-refractivity contribution in [3.63, 3.8) is 0 Å². The summed E-state index contributed by atoms with van der Waals surface area (Å²) in [5.74, 6) is -1.25. The van der Waals surface area contributed by atoms with E-state index in [2.05, 4.69) is 10.6 Å². The molecule has 0 aromatic heterocycles. The van der Waals surface area contributed by atoms with Crippen LogP contribution in [-0.2, 0) is 10.0 Å². The second-order valence-electron chi connectivity index (χ2n) is 7.49. The maximum atomic E-state index is 13.3. The zero-order valence-corrected chi connectivity index (χ0v) is 17.7. The molecule has 0 bridgehead atoms. The standard InChI is InChI=1S/C20H19ClFN3O5S/c21-15-10-12(2-7-16(15)22)23-19(27)11-1-8-17-18(9-11)31(29,30)25(20(28)24-17)13-3-5-14(26)6-4-13/h1-2,7-10,13-14,26H,3-6H2,(H,23,27)(H,24,28). The van der Waals surface area contributed by atoms with Crippen molar-refractivity contribution >= 4 is 44.9 Å². The van der Waals surface area contributed by atoms with Crippen molar-refractivity contribution in [3.05, 3.63) is 52.8 Å². The second-order valence-corrected chi connectivity index (χ2v) is 9.68. The van der Waals surface area contributed by atoms with Crippen LogP contribution < -0.4 is 10.6 Å². The Labute approximate surface area is 183 Å². The highest BCUT2D eigenvalue weighted by Crippen LogP contribution is 2.36. The van der Waals surface area contributed by atoms with Crippen molar-refractivity contribution in [1.29, 1.82) is 0 Å². The lowest BCUT2D eigenvalue weighted by atomic mass is 9.93. The summed E-state index contributed by atoms with van der Waals surface area (Å²) in [5, 5.41) is 14.6. The molecule has 0 unspecified atom stereocenters. The normalized spacial score (nSPS) is 22.4. The van der Waals surface area contributed by atoms with E-state index >= 15 is 0 Å². The number of halogens is 2. The van der Waals surface area contributed by atoms with Crippen molar-refractivity contribution < 1.29 is 27.5 Å². The van der Waals surface area contributed by atoms with Gasteiger partial charge in [-0.1, -0.05) is 11.6 Å². The summed E-state index contributed by atoms with van der Waals surface area (Å²) in [5.41, 5.74) is 0.365. The first kappa shape index (κ1) is 21.5. The Morgan fingerprint density at radius 2 is 1.87 bits per heavy atom. The second kappa shape index (κ2) is 8.10. The molecule has 8 nitrogen and oxygen atoms in total. The van der Waals surface area contributed by atoms with Gasteiger partial charge in [0.1, 0.15) is 10.7 Å². The first-order chi connectivity index (χ1) is 14.7. The fraction of sp³-hybridized carbons (Fsp3) is 0.300. The molecule has 2 aromatic rings. The van der Waals surface area contributed by atoms with Gasteiger partial charge in [-0.3, -0.25) is 4.79 Å². The van der Waals surface area contributed by atoms with E-state index in [1.807, 2.05) is 0 Å². The number of fused-ring (bicyclic) bond motifs is 1. The molecule has 1 aliphatic heterocycles. The number of aliphatic hydroxyl groups excluding tert-OH is 1. The number of sulfonamides is 1. The van der Waals surface area contributed by atoms with Gasteiger partial charge in [-0.05, 0) is 62.1 Å². The highest BCUT2D eigenvalue weighted by molar-refractivity contribution is 7.90. The number of hydrogen-bond donors (Lipinski definition) is 3. The van der Waals surface area contributed by atoms with Crippen molar-refractivity contribution in [1.82, 2.24) is 4.31 Å². The maximum absolute atomic E-state index is 13.3. The number of nitrogens with one attached hydrogen (secondary N) is 2. The summed E-state index contributed by atoms with van der Waals surface area (Å²) in [6.45, 7) is 0. The summed E-state index contributed by atoms with van der Waals surface area (Å²) in [6, 6.07) is 6.25. The molecule has 164 valence electrons. The number of nitrogens with zero attached hydrogens (tertiary/aromatic N) is 1. The molecule has 0 radical (unpaired) electrons. The minimum atomic E-state index is -4.20. The Kier molecular flexibility index (Phi) is 5.63. The Morgan fingerprint density at radius 3 is 2.55 bits per heavy atom. The maximum Gasteiger partial charge on any atom is 0.336 e. The summed E-state index contributed by atoms with van der Waals surface area (Å²) in [4.78, 5) is 25.0. The van der Waals surface area contributed by atoms with Gasteiger partial charge in [0.25, 0.3) is 15.9 Å². The van der Waals surface area contributed by atoms with E-state index in [0.717, 1.165) is 10.4 Å². The zero-order valence-electron chi connectivity index (χ0n) is 16.1. The van der Waals surface area contributed by atoms with E-state index in [4.69, 9.17) is 11.6 Å². The number of urea groups is 1. The lowest BCUT2D eigenvalue weighted by molar-refractivity contribution is 0.102. The molecule has 1 fully saturated rings. The molecule has 0 atom stereocenters. The summed E-state index contributed by atoms with van der Waals surface area (Å²) >= 11 is 5.72. The monoisotopic (exact) mass is 467 g/mol. The molecule has 1 saturated carbocycles. The van der Waals surface area contributed by atoms with Gasteiger partial charge in [-0.2, -0.15) is 0 Å². The molecule has 1 heterocycles. The fourth-order valence-corrected chi connectivity index (χ4v) is 5.73. The van der Waals surface area contributed by atoms with E-state index in [1.165, 1.54) is 30.3 Å². The van der Waals surface area contributed by atoms with Crippen LogP contribution in [-0.4, -0.2) is 41.9 Å². The average molecular weight is 468 g/mol. The molecule has 2 aromatic carbocycles. The van der Waals surface area contributed by atoms with Gasteiger partial charge in [-0.15, -0.1) is 0 Å². The molecule has 11 heteroatoms. The molecule has 31 heavy (non-hydrogen) atoms. The van der Waals surface area contributed by atoms with Crippen LogP contribution in [0.25, 0.3) is 0 Å². The van der Waals surface area contributed by atoms with Gasteiger partial charge in [0.05, 0.1) is 22.9 Å². The Balaban J connectivity index is 1.63. The van der Waals surface area contributed by atoms with Gasteiger partial charge in [0, 0.05) is 11.3 Å². The predicted octanol–water partition coefficient (Wildman–Crippen LogP) is 3.57. The number of carbonyl (C=O) groups is 2. The minimum absolute atomic E-state index is 0.0398. The average Bonchev–Trinajstić information content (AvgIpc) is 2.71. The Bertz CT molecular complexity index is 1170. The number of aliphatic hydroxyl groups is 1. The lowest BCUT2D eigenvalue weighted by Gasteiger charge is -2.37. The van der Waals surface area contributed by atoms with Gasteiger partial charge >= 0.3 is 6.03 Å². The Morgan fingerprint density at radius 1 is 1.16 bits per heavy atom. The number of hydrogen-bond acceptors (Lipinski definition) is 5. The van der Waals surface area contributed by atoms with Gasteiger partial charge in [-0.25, -0.2) is 21.9 Å². The molecule has 1 aliphatic carbocycles. The predicted molar refractivity (Wildman–Crippen MR) is 112 cm³/mol. The molecule has 4 rings (SSSR count). The highest BCUT2D eigenvalue weighted by Gasteiger charge is 2.42. The molecule has 2 aliphatic rings. The third-order valence-electron chi connectivity index (χ3n) is 5.40. The molecule has 0 saturated heterocycles. The van der Waals surface area contributed by atoms with E-state index in [-0.39, 0.29) is 26.9 Å². The summed E-state index contributed by atoms with van der Waals surface area (Å²) in [6.07, 6.45) is 1.01. The van der Waals surface area contributed by atoms with Crippen LogP contribution in [0.3, 0.4) is 0 Å². The van der Waals surface area contributed by atoms with Crippen LogP contribution >= 0.6 is 11.6 Å². The lowest BCUT2D eigenvalue weighted by Crippen LogP contribution is -2.51. The van der Waals surface area contributed by atoms with Crippen LogP contribution in [0.1, 0.15) is 36.0 Å². The van der Waals surface area contributed by atoms with Crippen molar-refractivity contribution in [3.8, 4) is 0 Å². The third kappa shape index (κ3) is 4.10. The quantitative estimate of drug-likeness (QED) is 0.638. The molecule has 3 amide bonds. The topological polar surface area (TPSA) is 116 Å². The van der Waals surface area contributed by atoms with Crippen molar-refractivity contribution in [2.45, 2.75) is 42.7 Å². The van der Waals surface area contributed by atoms with Gasteiger partial charge in [0.15, 0.2) is 0 Å². The van der Waals surface area contributed by atoms with E-state index in [0.29, 0.717) is 25.7 Å². The largest absolute Gasteiger partial charge is 0.393 e. The van der Waals surface area contributed by atoms with Gasteiger partial charge in [0.2, 0.25) is 0 Å². The number of carbonyl (C=O) groups excluding carboxylic acids is 2. The number of amides is 3. The van der Waals surface area contributed by atoms with Crippen molar-refractivity contribution in [2.24, 2.45) is 0 Å². The summed E-state index contributed by atoms with van der Waals surface area (Å²) in [7, 11) is -4.20. The van der Waals surface area contributed by atoms with E-state index < -0.39 is 39.9 Å². The molecular weight excluding hydrogens is 449 g/mol. The fourth-order valence-electron chi connectivity index (χ4n) is 3.80. The zero-order chi connectivity index (χ0) is 22.3. The Hall–Kier alpha value is -2.69. The van der Waals surface area contributed by atoms with Crippen LogP contribution in [0.5, 0.6) is 0 Å². The first-order valence-electron chi connectivity index (χ1n) is 9.61. The minimum Gasteiger partial charge on any atom is -0.393 e. The smallest absolute Gasteiger partial charge is 0.336 e. The van der Waals surface area contributed by atoms with Crippen molar-refractivity contribution in [2.75, 3.05) is 10.6 Å². The molecular formula is C20H19ClFN3O5S. The van der Waals surface area contributed by atoms with Crippen LogP contribution in [0, 0.1) is 5.82 Å². The SMILES string of the molecule is O=C(Nc1ccc(F)c(Cl)c1)c1ccc2c(c1)S(=O)(=O)N(C1CCC(O)CC1)C(=O)N2. The summed E-state index contributed by atoms with van der Waals surface area (Å²) < 4.78 is 40.6.